The molecule has 0 fully saturated rings. The fourth-order valence-electron chi connectivity index (χ4n) is 1.91. The predicted octanol–water partition coefficient (Wildman–Crippen LogP) is 1.57. The highest BCUT2D eigenvalue weighted by molar-refractivity contribution is 5.51. The van der Waals surface area contributed by atoms with Crippen LogP contribution in [0.15, 0.2) is 0 Å². The summed E-state index contributed by atoms with van der Waals surface area (Å²) >= 11 is 0. The summed E-state index contributed by atoms with van der Waals surface area (Å²) in [5.74, 6) is 9.08. The Morgan fingerprint density at radius 2 is 1.70 bits per heavy atom. The van der Waals surface area contributed by atoms with Crippen molar-refractivity contribution in [3.05, 3.63) is 23.0 Å². The molecule has 7 nitrogen and oxygen atoms in total. The van der Waals surface area contributed by atoms with Crippen LogP contribution in [0.25, 0.3) is 5.82 Å². The number of nitrogens with zero attached hydrogens (tertiary/aromatic N) is 5. The molecule has 2 aromatic heterocycles. The van der Waals surface area contributed by atoms with Crippen LogP contribution in [-0.4, -0.2) is 24.7 Å². The van der Waals surface area contributed by atoms with Gasteiger partial charge in [0.05, 0.1) is 0 Å². The molecule has 0 aromatic carbocycles. The number of hydrogen-bond acceptors (Lipinski definition) is 6. The fourth-order valence-corrected chi connectivity index (χ4v) is 1.91. The minimum Gasteiger partial charge on any atom is -0.308 e. The van der Waals surface area contributed by atoms with E-state index in [9.17, 15) is 0 Å². The first kappa shape index (κ1) is 14.4. The van der Waals surface area contributed by atoms with Crippen molar-refractivity contribution in [2.75, 3.05) is 5.43 Å². The Bertz CT molecular complexity index is 637. The van der Waals surface area contributed by atoms with Gasteiger partial charge in [-0.1, -0.05) is 20.8 Å². The van der Waals surface area contributed by atoms with Gasteiger partial charge in [0.15, 0.2) is 5.82 Å². The second-order valence-electron chi connectivity index (χ2n) is 5.86. The van der Waals surface area contributed by atoms with E-state index in [0.717, 1.165) is 11.4 Å². The van der Waals surface area contributed by atoms with Crippen LogP contribution in [0.5, 0.6) is 0 Å². The maximum Gasteiger partial charge on any atom is 0.164 e. The van der Waals surface area contributed by atoms with E-state index in [-0.39, 0.29) is 5.41 Å². The molecule has 0 aliphatic heterocycles. The Morgan fingerprint density at radius 1 is 1.05 bits per heavy atom. The maximum atomic E-state index is 5.57. The quantitative estimate of drug-likeness (QED) is 0.638. The summed E-state index contributed by atoms with van der Waals surface area (Å²) in [5.41, 5.74) is 3.29. The van der Waals surface area contributed by atoms with E-state index in [1.54, 1.807) is 4.68 Å². The average Bonchev–Trinajstić information content (AvgIpc) is 2.67. The molecule has 20 heavy (non-hydrogen) atoms. The first-order valence-electron chi connectivity index (χ1n) is 6.50. The summed E-state index contributed by atoms with van der Waals surface area (Å²) in [5, 5.41) is 4.39. The molecule has 0 saturated heterocycles. The zero-order valence-electron chi connectivity index (χ0n) is 12.8. The van der Waals surface area contributed by atoms with Crippen LogP contribution in [0.3, 0.4) is 0 Å². The van der Waals surface area contributed by atoms with Gasteiger partial charge in [-0.2, -0.15) is 4.68 Å². The average molecular weight is 275 g/mol. The van der Waals surface area contributed by atoms with E-state index in [4.69, 9.17) is 5.84 Å². The van der Waals surface area contributed by atoms with Crippen molar-refractivity contribution < 1.29 is 0 Å². The highest BCUT2D eigenvalue weighted by atomic mass is 15.4. The van der Waals surface area contributed by atoms with Crippen molar-refractivity contribution in [1.82, 2.24) is 24.7 Å². The zero-order valence-corrected chi connectivity index (χ0v) is 12.8. The van der Waals surface area contributed by atoms with E-state index in [2.05, 4.69) is 46.2 Å². The number of hydrogen-bond donors (Lipinski definition) is 2. The van der Waals surface area contributed by atoms with E-state index < -0.39 is 0 Å². The molecule has 2 heterocycles. The second-order valence-corrected chi connectivity index (χ2v) is 5.86. The molecule has 7 heteroatoms. The third-order valence-electron chi connectivity index (χ3n) is 3.00. The van der Waals surface area contributed by atoms with Crippen LogP contribution < -0.4 is 11.3 Å². The van der Waals surface area contributed by atoms with Gasteiger partial charge in [0, 0.05) is 11.0 Å². The van der Waals surface area contributed by atoms with Gasteiger partial charge >= 0.3 is 0 Å². The molecule has 108 valence electrons. The lowest BCUT2D eigenvalue weighted by Crippen LogP contribution is -2.22. The maximum absolute atomic E-state index is 5.57. The van der Waals surface area contributed by atoms with E-state index in [1.807, 2.05) is 20.8 Å². The third kappa shape index (κ3) is 2.49. The van der Waals surface area contributed by atoms with Gasteiger partial charge in [0.1, 0.15) is 23.3 Å². The molecule has 0 bridgehead atoms. The van der Waals surface area contributed by atoms with Gasteiger partial charge < -0.3 is 5.43 Å². The molecule has 2 rings (SSSR count). The number of nitrogen functional groups attached to an aromatic ring is 1. The van der Waals surface area contributed by atoms with Gasteiger partial charge in [0.2, 0.25) is 0 Å². The first-order valence-corrected chi connectivity index (χ1v) is 6.50. The lowest BCUT2D eigenvalue weighted by Gasteiger charge is -2.20. The molecular weight excluding hydrogens is 254 g/mol. The number of aromatic nitrogens is 5. The summed E-state index contributed by atoms with van der Waals surface area (Å²) in [6.45, 7) is 11.8. The lowest BCUT2D eigenvalue weighted by molar-refractivity contribution is 0.541. The van der Waals surface area contributed by atoms with Crippen LogP contribution in [0.2, 0.25) is 0 Å². The first-order chi connectivity index (χ1) is 9.24. The minimum atomic E-state index is -0.183. The normalized spacial score (nSPS) is 11.8. The van der Waals surface area contributed by atoms with Crippen molar-refractivity contribution in [2.24, 2.45) is 5.84 Å². The number of anilines is 1. The fraction of sp³-hybridized carbons (Fsp3) is 0.538. The van der Waals surface area contributed by atoms with E-state index >= 15 is 0 Å². The zero-order chi connectivity index (χ0) is 15.1. The monoisotopic (exact) mass is 275 g/mol. The molecule has 0 unspecified atom stereocenters. The smallest absolute Gasteiger partial charge is 0.164 e. The topological polar surface area (TPSA) is 94.5 Å². The van der Waals surface area contributed by atoms with Gasteiger partial charge in [-0.15, -0.1) is 5.10 Å². The minimum absolute atomic E-state index is 0.183. The van der Waals surface area contributed by atoms with Crippen LogP contribution >= 0.6 is 0 Å². The van der Waals surface area contributed by atoms with Gasteiger partial charge in [-0.05, 0) is 20.8 Å². The standard InChI is InChI=1S/C13H21N7/c1-7-10(18-14)16-12(13(4,5)6)17-11(7)20-9(3)15-8(2)19-20/h14H2,1-6H3,(H,16,17,18). The molecule has 0 amide bonds. The summed E-state index contributed by atoms with van der Waals surface area (Å²) < 4.78 is 1.72. The van der Waals surface area contributed by atoms with E-state index in [1.165, 1.54) is 0 Å². The Labute approximate surface area is 118 Å². The molecule has 3 N–H and O–H groups in total. The number of aryl methyl sites for hydroxylation is 2. The van der Waals surface area contributed by atoms with Crippen LogP contribution in [0.4, 0.5) is 5.82 Å². The lowest BCUT2D eigenvalue weighted by atomic mass is 9.95. The molecule has 0 aliphatic carbocycles. The number of hydrazine groups is 1. The van der Waals surface area contributed by atoms with Crippen molar-refractivity contribution in [3.63, 3.8) is 0 Å². The Hall–Kier alpha value is -2.02. The second kappa shape index (κ2) is 4.82. The number of rotatable bonds is 2. The van der Waals surface area contributed by atoms with Gasteiger partial charge in [-0.25, -0.2) is 20.8 Å². The van der Waals surface area contributed by atoms with Gasteiger partial charge in [0.25, 0.3) is 0 Å². The molecule has 0 radical (unpaired) electrons. The summed E-state index contributed by atoms with van der Waals surface area (Å²) in [6.07, 6.45) is 0. The van der Waals surface area contributed by atoms with Gasteiger partial charge in [-0.3, -0.25) is 0 Å². The molecular formula is C13H21N7. The van der Waals surface area contributed by atoms with Crippen molar-refractivity contribution >= 4 is 5.82 Å². The molecule has 0 spiro atoms. The third-order valence-corrected chi connectivity index (χ3v) is 3.00. The van der Waals surface area contributed by atoms with Crippen LogP contribution in [0, 0.1) is 20.8 Å². The van der Waals surface area contributed by atoms with Crippen LogP contribution in [0.1, 0.15) is 43.8 Å². The summed E-state index contributed by atoms with van der Waals surface area (Å²) in [4.78, 5) is 13.4. The van der Waals surface area contributed by atoms with Crippen molar-refractivity contribution in [2.45, 2.75) is 47.0 Å². The summed E-state index contributed by atoms with van der Waals surface area (Å²) in [6, 6.07) is 0. The summed E-state index contributed by atoms with van der Waals surface area (Å²) in [7, 11) is 0. The number of nitrogens with two attached hydrogens (primary N) is 1. The SMILES string of the molecule is Cc1nc(C)n(-c2nc(C(C)(C)C)nc(NN)c2C)n1. The highest BCUT2D eigenvalue weighted by Gasteiger charge is 2.22. The van der Waals surface area contributed by atoms with E-state index in [0.29, 0.717) is 23.3 Å². The molecule has 0 atom stereocenters. The predicted molar refractivity (Wildman–Crippen MR) is 77.7 cm³/mol. The molecule has 0 saturated carbocycles. The largest absolute Gasteiger partial charge is 0.308 e. The Balaban J connectivity index is 2.72. The number of nitrogens with one attached hydrogen (secondary N) is 1. The Morgan fingerprint density at radius 3 is 2.15 bits per heavy atom. The highest BCUT2D eigenvalue weighted by Crippen LogP contribution is 2.25. The van der Waals surface area contributed by atoms with Crippen molar-refractivity contribution in [3.8, 4) is 5.82 Å². The Kier molecular flexibility index (Phi) is 3.47. The van der Waals surface area contributed by atoms with Crippen LogP contribution in [-0.2, 0) is 5.41 Å². The molecule has 2 aromatic rings. The van der Waals surface area contributed by atoms with Crippen molar-refractivity contribution in [1.29, 1.82) is 0 Å². The molecule has 0 aliphatic rings.